The minimum atomic E-state index is -0.886. The van der Waals surface area contributed by atoms with Gasteiger partial charge in [-0.1, -0.05) is 56.3 Å². The number of Topliss-reactive ketones (excluding diaryl/α,β-unsaturated/α-hetero) is 1. The third-order valence-corrected chi connectivity index (χ3v) is 5.65. The third-order valence-electron chi connectivity index (χ3n) is 5.65. The van der Waals surface area contributed by atoms with Gasteiger partial charge in [0.05, 0.1) is 19.7 Å². The summed E-state index contributed by atoms with van der Waals surface area (Å²) < 4.78 is 26.1. The van der Waals surface area contributed by atoms with Crippen molar-refractivity contribution in [2.24, 2.45) is 0 Å². The van der Waals surface area contributed by atoms with Crippen LogP contribution in [0.5, 0.6) is 5.75 Å². The Morgan fingerprint density at radius 3 is 2.43 bits per heavy atom. The van der Waals surface area contributed by atoms with E-state index >= 15 is 0 Å². The zero-order valence-corrected chi connectivity index (χ0v) is 21.5. The molecule has 2 heterocycles. The summed E-state index contributed by atoms with van der Waals surface area (Å²) in [5, 5.41) is 2.54. The number of nitrogens with one attached hydrogen (secondary N) is 1. The van der Waals surface area contributed by atoms with Gasteiger partial charge >= 0.3 is 0 Å². The van der Waals surface area contributed by atoms with Gasteiger partial charge in [0.2, 0.25) is 5.75 Å². The van der Waals surface area contributed by atoms with Gasteiger partial charge in [0.25, 0.3) is 11.5 Å². The number of carbonyl (C=O) groups is 2. The molecule has 4 rings (SSSR count). The Hall–Kier alpha value is -3.85. The first-order valence-corrected chi connectivity index (χ1v) is 12.2. The molecule has 0 saturated carbocycles. The highest BCUT2D eigenvalue weighted by Crippen LogP contribution is 2.28. The van der Waals surface area contributed by atoms with Crippen LogP contribution < -0.4 is 15.6 Å². The molecule has 1 N–H and O–H groups in total. The van der Waals surface area contributed by atoms with Gasteiger partial charge < -0.3 is 14.8 Å². The molecule has 196 valence electrons. The Kier molecular flexibility index (Phi) is 9.30. The summed E-state index contributed by atoms with van der Waals surface area (Å²) in [6.07, 6.45) is 0.0269. The van der Waals surface area contributed by atoms with E-state index in [0.29, 0.717) is 18.0 Å². The van der Waals surface area contributed by atoms with Crippen LogP contribution in [0.4, 0.5) is 4.39 Å². The van der Waals surface area contributed by atoms with E-state index in [-0.39, 0.29) is 43.3 Å². The molecule has 1 amide bonds. The Balaban J connectivity index is 0.00000186. The fraction of sp³-hybridized carbons (Fsp3) is 0.357. The summed E-state index contributed by atoms with van der Waals surface area (Å²) in [5.41, 5.74) is -0.126. The maximum absolute atomic E-state index is 13.3. The molecule has 3 aromatic rings. The normalized spacial score (nSPS) is 13.5. The highest BCUT2D eigenvalue weighted by Gasteiger charge is 2.35. The lowest BCUT2D eigenvalue weighted by molar-refractivity contribution is -0.117. The molecule has 0 unspecified atom stereocenters. The largest absolute Gasteiger partial charge is 0.481 e. The first kappa shape index (κ1) is 27.7. The van der Waals surface area contributed by atoms with Crippen molar-refractivity contribution in [3.05, 3.63) is 93.4 Å². The van der Waals surface area contributed by atoms with E-state index in [1.54, 1.807) is 13.8 Å². The molecule has 0 fully saturated rings. The van der Waals surface area contributed by atoms with E-state index in [1.807, 2.05) is 44.2 Å². The maximum atomic E-state index is 13.3. The Bertz CT molecular complexity index is 1290. The van der Waals surface area contributed by atoms with E-state index in [0.717, 1.165) is 5.56 Å². The summed E-state index contributed by atoms with van der Waals surface area (Å²) in [5.74, 6) is -1.26. The monoisotopic (exact) mass is 509 g/mol. The van der Waals surface area contributed by atoms with Gasteiger partial charge in [-0.05, 0) is 37.1 Å². The minimum absolute atomic E-state index is 0.0269. The van der Waals surface area contributed by atoms with Crippen molar-refractivity contribution in [2.45, 2.75) is 52.9 Å². The smallest absolute Gasteiger partial charge is 0.296 e. The van der Waals surface area contributed by atoms with Crippen molar-refractivity contribution in [3.63, 3.8) is 0 Å². The lowest BCUT2D eigenvalue weighted by Crippen LogP contribution is -2.43. The van der Waals surface area contributed by atoms with Gasteiger partial charge in [0.15, 0.2) is 11.5 Å². The van der Waals surface area contributed by atoms with Crippen molar-refractivity contribution in [1.29, 1.82) is 0 Å². The van der Waals surface area contributed by atoms with Crippen molar-refractivity contribution < 1.29 is 23.5 Å². The third kappa shape index (κ3) is 6.89. The molecule has 0 radical (unpaired) electrons. The number of benzene rings is 2. The molecule has 2 aromatic carbocycles. The van der Waals surface area contributed by atoms with Crippen molar-refractivity contribution >= 4 is 11.7 Å². The van der Waals surface area contributed by atoms with E-state index in [9.17, 15) is 18.8 Å². The maximum Gasteiger partial charge on any atom is 0.296 e. The zero-order valence-electron chi connectivity index (χ0n) is 21.5. The van der Waals surface area contributed by atoms with Gasteiger partial charge in [-0.2, -0.15) is 0 Å². The van der Waals surface area contributed by atoms with Crippen LogP contribution in [-0.4, -0.2) is 34.4 Å². The van der Waals surface area contributed by atoms with Crippen LogP contribution in [0.3, 0.4) is 0 Å². The van der Waals surface area contributed by atoms with Gasteiger partial charge in [-0.3, -0.25) is 19.0 Å². The van der Waals surface area contributed by atoms with Crippen molar-refractivity contribution in [3.8, 4) is 5.75 Å². The number of aromatic nitrogens is 2. The summed E-state index contributed by atoms with van der Waals surface area (Å²) in [4.78, 5) is 43.2. The molecule has 0 bridgehead atoms. The highest BCUT2D eigenvalue weighted by molar-refractivity contribution is 5.97. The first-order chi connectivity index (χ1) is 17.7. The summed E-state index contributed by atoms with van der Waals surface area (Å²) >= 11 is 0. The summed E-state index contributed by atoms with van der Waals surface area (Å²) in [6.45, 7) is 7.92. The van der Waals surface area contributed by atoms with Crippen LogP contribution in [0.25, 0.3) is 0 Å². The van der Waals surface area contributed by atoms with E-state index in [2.05, 4.69) is 10.3 Å². The number of carbonyl (C=O) groups excluding carboxylic acids is 2. The van der Waals surface area contributed by atoms with Crippen LogP contribution in [0.2, 0.25) is 0 Å². The lowest BCUT2D eigenvalue weighted by atomic mass is 10.1. The summed E-state index contributed by atoms with van der Waals surface area (Å²) in [7, 11) is 0. The molecule has 0 aliphatic carbocycles. The molecule has 1 aromatic heterocycles. The molecule has 37 heavy (non-hydrogen) atoms. The predicted molar refractivity (Wildman–Crippen MR) is 137 cm³/mol. The average Bonchev–Trinajstić information content (AvgIpc) is 2.90. The SMILES string of the molecule is CC.CC1(C)OCCn2c1nc(C(=O)NCC(=O)Cc1ccc(F)cc1)c(OCc1ccccc1)c2=O. The second kappa shape index (κ2) is 12.4. The van der Waals surface area contributed by atoms with Crippen LogP contribution in [0.1, 0.15) is 55.1 Å². The fourth-order valence-corrected chi connectivity index (χ4v) is 3.83. The van der Waals surface area contributed by atoms with Gasteiger partial charge in [-0.25, -0.2) is 9.37 Å². The number of ketones is 1. The molecule has 8 nitrogen and oxygen atoms in total. The number of nitrogens with zero attached hydrogens (tertiary/aromatic N) is 2. The highest BCUT2D eigenvalue weighted by atomic mass is 19.1. The average molecular weight is 510 g/mol. The molecule has 0 spiro atoms. The second-order valence-electron chi connectivity index (χ2n) is 8.73. The van der Waals surface area contributed by atoms with Crippen LogP contribution in [0.15, 0.2) is 59.4 Å². The van der Waals surface area contributed by atoms with Gasteiger partial charge in [0.1, 0.15) is 23.8 Å². The summed E-state index contributed by atoms with van der Waals surface area (Å²) in [6, 6.07) is 14.8. The van der Waals surface area contributed by atoms with E-state index < -0.39 is 22.9 Å². The molecule has 1 aliphatic heterocycles. The number of halogens is 1. The molecular weight excluding hydrogens is 477 g/mol. The quantitative estimate of drug-likeness (QED) is 0.496. The second-order valence-corrected chi connectivity index (χ2v) is 8.73. The number of ether oxygens (including phenoxy) is 2. The first-order valence-electron chi connectivity index (χ1n) is 12.2. The fourth-order valence-electron chi connectivity index (χ4n) is 3.83. The van der Waals surface area contributed by atoms with Gasteiger partial charge in [-0.15, -0.1) is 0 Å². The minimum Gasteiger partial charge on any atom is -0.481 e. The van der Waals surface area contributed by atoms with Crippen molar-refractivity contribution in [2.75, 3.05) is 13.2 Å². The molecule has 0 atom stereocenters. The Morgan fingerprint density at radius 2 is 1.76 bits per heavy atom. The number of rotatable bonds is 8. The van der Waals surface area contributed by atoms with Gasteiger partial charge in [0, 0.05) is 6.42 Å². The molecule has 9 heteroatoms. The predicted octanol–water partition coefficient (Wildman–Crippen LogP) is 3.79. The Morgan fingerprint density at radius 1 is 1.08 bits per heavy atom. The number of hydrogen-bond acceptors (Lipinski definition) is 6. The van der Waals surface area contributed by atoms with Crippen LogP contribution in [-0.2, 0) is 34.7 Å². The zero-order chi connectivity index (χ0) is 27.0. The van der Waals surface area contributed by atoms with Crippen LogP contribution in [0, 0.1) is 5.82 Å². The number of fused-ring (bicyclic) bond motifs is 1. The molecule has 1 aliphatic rings. The van der Waals surface area contributed by atoms with E-state index in [1.165, 1.54) is 28.8 Å². The molecular formula is C28H32FN3O5. The Labute approximate surface area is 215 Å². The van der Waals surface area contributed by atoms with Crippen LogP contribution >= 0.6 is 0 Å². The topological polar surface area (TPSA) is 99.5 Å². The lowest BCUT2D eigenvalue weighted by Gasteiger charge is -2.32. The standard InChI is InChI=1S/C26H26FN3O5.C2H6/c1-26(2)25-29-21(23(32)28-15-20(31)14-17-8-10-19(27)11-9-17)22(24(33)30(25)12-13-35-26)34-16-18-6-4-3-5-7-18;1-2/h3-11H,12-16H2,1-2H3,(H,28,32);1-2H3. The number of hydrogen-bond donors (Lipinski definition) is 1. The van der Waals surface area contributed by atoms with E-state index in [4.69, 9.17) is 9.47 Å². The molecule has 0 saturated heterocycles. The number of amides is 1. The van der Waals surface area contributed by atoms with Crippen molar-refractivity contribution in [1.82, 2.24) is 14.9 Å².